The van der Waals surface area contributed by atoms with Gasteiger partial charge in [-0.2, -0.15) is 0 Å². The molecule has 1 aliphatic rings. The molecule has 2 aromatic rings. The molecule has 1 aliphatic heterocycles. The predicted octanol–water partition coefficient (Wildman–Crippen LogP) is 2.63. The highest BCUT2D eigenvalue weighted by Crippen LogP contribution is 2.30. The first kappa shape index (κ1) is 19.1. The Morgan fingerprint density at radius 2 is 1.81 bits per heavy atom. The molecular weight excluding hydrogens is 349 g/mol. The van der Waals surface area contributed by atoms with Crippen LogP contribution in [-0.2, 0) is 4.79 Å². The molecule has 0 saturated carbocycles. The van der Waals surface area contributed by atoms with Crippen LogP contribution in [-0.4, -0.2) is 26.2 Å². The summed E-state index contributed by atoms with van der Waals surface area (Å²) in [4.78, 5) is 12.6. The highest BCUT2D eigenvalue weighted by Gasteiger charge is 2.30. The zero-order chi connectivity index (χ0) is 19.4. The first-order chi connectivity index (χ1) is 13.0. The molecule has 0 bridgehead atoms. The van der Waals surface area contributed by atoms with Gasteiger partial charge >= 0.3 is 0 Å². The number of hydrogen-bond acceptors (Lipinski definition) is 5. The van der Waals surface area contributed by atoms with Crippen molar-refractivity contribution in [2.24, 2.45) is 0 Å². The minimum atomic E-state index is -0.373. The van der Waals surface area contributed by atoms with Crippen molar-refractivity contribution in [3.63, 3.8) is 0 Å². The van der Waals surface area contributed by atoms with E-state index in [9.17, 15) is 9.18 Å². The van der Waals surface area contributed by atoms with Crippen LogP contribution >= 0.6 is 0 Å². The molecule has 1 fully saturated rings. The fraction of sp³-hybridized carbons (Fsp3) is 0.350. The van der Waals surface area contributed by atoms with Crippen LogP contribution in [0.25, 0.3) is 0 Å². The molecule has 0 radical (unpaired) electrons. The Labute approximate surface area is 158 Å². The number of ether oxygens (including phenoxy) is 2. The molecule has 0 spiro atoms. The zero-order valence-electron chi connectivity index (χ0n) is 15.6. The molecular formula is C20H24FN3O3. The number of hydrogen-bond donors (Lipinski definition) is 3. The lowest BCUT2D eigenvalue weighted by Crippen LogP contribution is -2.43. The molecule has 3 atom stereocenters. The van der Waals surface area contributed by atoms with Gasteiger partial charge in [-0.3, -0.25) is 4.79 Å². The second kappa shape index (κ2) is 8.37. The molecule has 6 nitrogen and oxygen atoms in total. The van der Waals surface area contributed by atoms with E-state index in [1.54, 1.807) is 26.4 Å². The van der Waals surface area contributed by atoms with Gasteiger partial charge in [0.05, 0.1) is 20.3 Å². The van der Waals surface area contributed by atoms with E-state index in [0.717, 1.165) is 11.1 Å². The Bertz CT molecular complexity index is 798. The second-order valence-corrected chi connectivity index (χ2v) is 6.53. The first-order valence-electron chi connectivity index (χ1n) is 8.80. The maximum Gasteiger partial charge on any atom is 0.239 e. The average Bonchev–Trinajstić information content (AvgIpc) is 3.18. The Kier molecular flexibility index (Phi) is 5.93. The maximum absolute atomic E-state index is 13.1. The summed E-state index contributed by atoms with van der Waals surface area (Å²) in [6.07, 6.45) is 0.579. The monoisotopic (exact) mass is 373 g/mol. The first-order valence-corrected chi connectivity index (χ1v) is 8.80. The topological polar surface area (TPSA) is 71.6 Å². The lowest BCUT2D eigenvalue weighted by atomic mass is 10.0. The van der Waals surface area contributed by atoms with Crippen LogP contribution in [0.3, 0.4) is 0 Å². The van der Waals surface area contributed by atoms with Gasteiger partial charge in [-0.05, 0) is 48.7 Å². The zero-order valence-corrected chi connectivity index (χ0v) is 15.6. The summed E-state index contributed by atoms with van der Waals surface area (Å²) < 4.78 is 23.6. The number of benzene rings is 2. The SMILES string of the molecule is COc1ccc(C(C)NC(=O)C2CC(c3ccc(F)cc3)NN2)cc1OC. The van der Waals surface area contributed by atoms with Crippen molar-refractivity contribution in [1.82, 2.24) is 16.2 Å². The standard InChI is InChI=1S/C20H24FN3O3/c1-12(14-6-9-18(26-2)19(10-14)27-3)22-20(25)17-11-16(23-24-17)13-4-7-15(21)8-5-13/h4-10,12,16-17,23-24H,11H2,1-3H3,(H,22,25). The van der Waals surface area contributed by atoms with Gasteiger partial charge in [-0.25, -0.2) is 15.2 Å². The van der Waals surface area contributed by atoms with Crippen LogP contribution < -0.4 is 25.6 Å². The van der Waals surface area contributed by atoms with Crippen LogP contribution in [0.4, 0.5) is 4.39 Å². The summed E-state index contributed by atoms with van der Waals surface area (Å²) in [7, 11) is 3.16. The van der Waals surface area contributed by atoms with Crippen molar-refractivity contribution in [2.45, 2.75) is 31.5 Å². The van der Waals surface area contributed by atoms with Crippen molar-refractivity contribution < 1.29 is 18.7 Å². The van der Waals surface area contributed by atoms with Gasteiger partial charge < -0.3 is 14.8 Å². The molecule has 7 heteroatoms. The highest BCUT2D eigenvalue weighted by molar-refractivity contribution is 5.82. The minimum absolute atomic E-state index is 0.0438. The Hall–Kier alpha value is -2.64. The summed E-state index contributed by atoms with van der Waals surface area (Å²) in [5.41, 5.74) is 7.97. The van der Waals surface area contributed by atoms with Crippen LogP contribution in [0.2, 0.25) is 0 Å². The fourth-order valence-electron chi connectivity index (χ4n) is 3.16. The van der Waals surface area contributed by atoms with Crippen LogP contribution in [0.1, 0.15) is 36.6 Å². The lowest BCUT2D eigenvalue weighted by molar-refractivity contribution is -0.123. The Morgan fingerprint density at radius 1 is 1.11 bits per heavy atom. The number of hydrazine groups is 1. The van der Waals surface area contributed by atoms with E-state index in [0.29, 0.717) is 17.9 Å². The molecule has 3 rings (SSSR count). The number of amides is 1. The molecule has 0 aromatic heterocycles. The van der Waals surface area contributed by atoms with Crippen molar-refractivity contribution >= 4 is 5.91 Å². The molecule has 144 valence electrons. The van der Waals surface area contributed by atoms with E-state index in [-0.39, 0.29) is 29.8 Å². The number of carbonyl (C=O) groups excluding carboxylic acids is 1. The summed E-state index contributed by atoms with van der Waals surface area (Å²) in [5, 5.41) is 3.01. The van der Waals surface area contributed by atoms with Crippen LogP contribution in [0.5, 0.6) is 11.5 Å². The van der Waals surface area contributed by atoms with E-state index >= 15 is 0 Å². The molecule has 27 heavy (non-hydrogen) atoms. The molecule has 2 aromatic carbocycles. The van der Waals surface area contributed by atoms with Crippen molar-refractivity contribution in [3.05, 3.63) is 59.4 Å². The van der Waals surface area contributed by atoms with Crippen molar-refractivity contribution in [1.29, 1.82) is 0 Å². The van der Waals surface area contributed by atoms with Gasteiger partial charge in [0.25, 0.3) is 0 Å². The third kappa shape index (κ3) is 4.37. The van der Waals surface area contributed by atoms with Crippen molar-refractivity contribution in [2.75, 3.05) is 14.2 Å². The van der Waals surface area contributed by atoms with Gasteiger partial charge in [0, 0.05) is 6.04 Å². The smallest absolute Gasteiger partial charge is 0.239 e. The predicted molar refractivity (Wildman–Crippen MR) is 99.9 cm³/mol. The van der Waals surface area contributed by atoms with E-state index in [1.165, 1.54) is 12.1 Å². The van der Waals surface area contributed by atoms with E-state index < -0.39 is 0 Å². The number of rotatable bonds is 6. The van der Waals surface area contributed by atoms with Gasteiger partial charge in [0.2, 0.25) is 5.91 Å². The summed E-state index contributed by atoms with van der Waals surface area (Å²) in [5.74, 6) is 0.883. The average molecular weight is 373 g/mol. The van der Waals surface area contributed by atoms with Crippen LogP contribution in [0.15, 0.2) is 42.5 Å². The number of nitrogens with one attached hydrogen (secondary N) is 3. The molecule has 1 saturated heterocycles. The third-order valence-electron chi connectivity index (χ3n) is 4.76. The summed E-state index contributed by atoms with van der Waals surface area (Å²) in [6, 6.07) is 11.2. The second-order valence-electron chi connectivity index (χ2n) is 6.53. The third-order valence-corrected chi connectivity index (χ3v) is 4.76. The number of halogens is 1. The Balaban J connectivity index is 1.61. The lowest BCUT2D eigenvalue weighted by Gasteiger charge is -2.18. The fourth-order valence-corrected chi connectivity index (χ4v) is 3.16. The van der Waals surface area contributed by atoms with E-state index in [4.69, 9.17) is 9.47 Å². The number of carbonyl (C=O) groups is 1. The van der Waals surface area contributed by atoms with Gasteiger partial charge in [-0.1, -0.05) is 18.2 Å². The van der Waals surface area contributed by atoms with Crippen molar-refractivity contribution in [3.8, 4) is 11.5 Å². The summed E-state index contributed by atoms with van der Waals surface area (Å²) in [6.45, 7) is 1.92. The maximum atomic E-state index is 13.1. The Morgan fingerprint density at radius 3 is 2.48 bits per heavy atom. The highest BCUT2D eigenvalue weighted by atomic mass is 19.1. The largest absolute Gasteiger partial charge is 0.493 e. The molecule has 3 N–H and O–H groups in total. The molecule has 0 aliphatic carbocycles. The minimum Gasteiger partial charge on any atom is -0.493 e. The normalized spacial score (nSPS) is 20.1. The van der Waals surface area contributed by atoms with E-state index in [1.807, 2.05) is 25.1 Å². The van der Waals surface area contributed by atoms with E-state index in [2.05, 4.69) is 16.2 Å². The van der Waals surface area contributed by atoms with Gasteiger partial charge in [0.15, 0.2) is 11.5 Å². The van der Waals surface area contributed by atoms with Gasteiger partial charge in [0.1, 0.15) is 11.9 Å². The molecule has 1 heterocycles. The van der Waals surface area contributed by atoms with Gasteiger partial charge in [-0.15, -0.1) is 0 Å². The van der Waals surface area contributed by atoms with Crippen LogP contribution in [0, 0.1) is 5.82 Å². The molecule has 3 unspecified atom stereocenters. The number of methoxy groups -OCH3 is 2. The quantitative estimate of drug-likeness (QED) is 0.726. The molecule has 1 amide bonds. The summed E-state index contributed by atoms with van der Waals surface area (Å²) >= 11 is 0.